The zero-order valence-corrected chi connectivity index (χ0v) is 10.2. The van der Waals surface area contributed by atoms with E-state index in [1.807, 2.05) is 6.92 Å². The number of methoxy groups -OCH3 is 1. The number of aryl methyl sites for hydroxylation is 1. The second-order valence-corrected chi connectivity index (χ2v) is 3.57. The standard InChI is InChI=1S/C13H15NO3/c1-4-17-13(15)7-10-6-12(16-3)11(8-14)5-9(10)2/h5-6H,4,7H2,1-3H3. The average Bonchev–Trinajstić information content (AvgIpc) is 2.31. The molecule has 0 unspecified atom stereocenters. The van der Waals surface area contributed by atoms with Gasteiger partial charge in [-0.3, -0.25) is 4.79 Å². The molecule has 0 N–H and O–H groups in total. The predicted octanol–water partition coefficient (Wildman–Crippen LogP) is 1.98. The summed E-state index contributed by atoms with van der Waals surface area (Å²) in [5, 5.41) is 8.91. The Hall–Kier alpha value is -2.02. The Bertz CT molecular complexity index is 460. The highest BCUT2D eigenvalue weighted by Gasteiger charge is 2.11. The Kier molecular flexibility index (Phi) is 4.53. The van der Waals surface area contributed by atoms with Crippen molar-refractivity contribution in [2.75, 3.05) is 13.7 Å². The van der Waals surface area contributed by atoms with E-state index in [9.17, 15) is 4.79 Å². The second-order valence-electron chi connectivity index (χ2n) is 3.57. The van der Waals surface area contributed by atoms with Crippen LogP contribution in [0.15, 0.2) is 12.1 Å². The summed E-state index contributed by atoms with van der Waals surface area (Å²) in [7, 11) is 1.50. The van der Waals surface area contributed by atoms with Crippen LogP contribution in [0.25, 0.3) is 0 Å². The third-order valence-corrected chi connectivity index (χ3v) is 2.42. The first kappa shape index (κ1) is 13.0. The lowest BCUT2D eigenvalue weighted by molar-refractivity contribution is -0.142. The normalized spacial score (nSPS) is 9.53. The molecule has 0 amide bonds. The molecule has 0 saturated heterocycles. The van der Waals surface area contributed by atoms with Gasteiger partial charge >= 0.3 is 5.97 Å². The minimum absolute atomic E-state index is 0.196. The molecule has 17 heavy (non-hydrogen) atoms. The Morgan fingerprint density at radius 2 is 2.18 bits per heavy atom. The van der Waals surface area contributed by atoms with E-state index < -0.39 is 0 Å². The largest absolute Gasteiger partial charge is 0.495 e. The van der Waals surface area contributed by atoms with Gasteiger partial charge in [0.1, 0.15) is 11.8 Å². The second kappa shape index (κ2) is 5.90. The fourth-order valence-electron chi connectivity index (χ4n) is 1.54. The molecular formula is C13H15NO3. The summed E-state index contributed by atoms with van der Waals surface area (Å²) in [4.78, 5) is 11.4. The third-order valence-electron chi connectivity index (χ3n) is 2.42. The number of hydrogen-bond acceptors (Lipinski definition) is 4. The molecule has 0 atom stereocenters. The Morgan fingerprint density at radius 3 is 2.71 bits per heavy atom. The molecule has 90 valence electrons. The van der Waals surface area contributed by atoms with Crippen molar-refractivity contribution >= 4 is 5.97 Å². The highest BCUT2D eigenvalue weighted by atomic mass is 16.5. The van der Waals surface area contributed by atoms with Gasteiger partial charge in [-0.25, -0.2) is 0 Å². The van der Waals surface area contributed by atoms with Crippen LogP contribution in [0, 0.1) is 18.3 Å². The maximum Gasteiger partial charge on any atom is 0.310 e. The van der Waals surface area contributed by atoms with Gasteiger partial charge in [0.05, 0.1) is 25.7 Å². The first-order valence-electron chi connectivity index (χ1n) is 5.35. The van der Waals surface area contributed by atoms with Crippen LogP contribution in [0.2, 0.25) is 0 Å². The van der Waals surface area contributed by atoms with E-state index in [0.717, 1.165) is 11.1 Å². The predicted molar refractivity (Wildman–Crippen MR) is 62.8 cm³/mol. The van der Waals surface area contributed by atoms with E-state index in [1.165, 1.54) is 7.11 Å². The molecule has 0 aliphatic carbocycles. The molecule has 4 heteroatoms. The average molecular weight is 233 g/mol. The fraction of sp³-hybridized carbons (Fsp3) is 0.385. The molecule has 0 aliphatic heterocycles. The number of hydrogen-bond donors (Lipinski definition) is 0. The van der Waals surface area contributed by atoms with E-state index in [-0.39, 0.29) is 12.4 Å². The number of nitrogens with zero attached hydrogens (tertiary/aromatic N) is 1. The van der Waals surface area contributed by atoms with Crippen LogP contribution in [-0.2, 0) is 16.0 Å². The molecule has 0 bridgehead atoms. The van der Waals surface area contributed by atoms with E-state index >= 15 is 0 Å². The Morgan fingerprint density at radius 1 is 1.47 bits per heavy atom. The van der Waals surface area contributed by atoms with Crippen molar-refractivity contribution in [2.45, 2.75) is 20.3 Å². The van der Waals surface area contributed by atoms with Crippen LogP contribution < -0.4 is 4.74 Å². The molecule has 0 saturated carbocycles. The van der Waals surface area contributed by atoms with Gasteiger partial charge in [0.15, 0.2) is 0 Å². The van der Waals surface area contributed by atoms with E-state index in [4.69, 9.17) is 14.7 Å². The number of esters is 1. The minimum Gasteiger partial charge on any atom is -0.495 e. The lowest BCUT2D eigenvalue weighted by Gasteiger charge is -2.09. The first-order valence-corrected chi connectivity index (χ1v) is 5.35. The van der Waals surface area contributed by atoms with Crippen molar-refractivity contribution in [2.24, 2.45) is 0 Å². The minimum atomic E-state index is -0.276. The van der Waals surface area contributed by atoms with Crippen LogP contribution in [0.4, 0.5) is 0 Å². The summed E-state index contributed by atoms with van der Waals surface area (Å²) in [6, 6.07) is 5.48. The van der Waals surface area contributed by atoms with E-state index in [0.29, 0.717) is 17.9 Å². The molecule has 1 aromatic rings. The van der Waals surface area contributed by atoms with Crippen LogP contribution in [0.1, 0.15) is 23.6 Å². The zero-order chi connectivity index (χ0) is 12.8. The molecule has 1 rings (SSSR count). The lowest BCUT2D eigenvalue weighted by atomic mass is 10.0. The number of ether oxygens (including phenoxy) is 2. The summed E-state index contributed by atoms with van der Waals surface area (Å²) in [6.07, 6.45) is 0.196. The van der Waals surface area contributed by atoms with E-state index in [1.54, 1.807) is 19.1 Å². The van der Waals surface area contributed by atoms with Crippen molar-refractivity contribution in [3.8, 4) is 11.8 Å². The number of rotatable bonds is 4. The van der Waals surface area contributed by atoms with Crippen molar-refractivity contribution in [1.29, 1.82) is 5.26 Å². The topological polar surface area (TPSA) is 59.3 Å². The SMILES string of the molecule is CCOC(=O)Cc1cc(OC)c(C#N)cc1C. The molecule has 0 heterocycles. The number of nitriles is 1. The highest BCUT2D eigenvalue weighted by molar-refractivity contribution is 5.73. The Balaban J connectivity index is 3.01. The van der Waals surface area contributed by atoms with Gasteiger partial charge in [0.25, 0.3) is 0 Å². The molecule has 0 aliphatic rings. The van der Waals surface area contributed by atoms with Crippen LogP contribution >= 0.6 is 0 Å². The summed E-state index contributed by atoms with van der Waals surface area (Å²) >= 11 is 0. The molecule has 4 nitrogen and oxygen atoms in total. The number of carbonyl (C=O) groups is 1. The fourth-order valence-corrected chi connectivity index (χ4v) is 1.54. The third kappa shape index (κ3) is 3.22. The summed E-state index contributed by atoms with van der Waals surface area (Å²) in [6.45, 7) is 3.99. The monoisotopic (exact) mass is 233 g/mol. The lowest BCUT2D eigenvalue weighted by Crippen LogP contribution is -2.09. The summed E-state index contributed by atoms with van der Waals surface area (Å²) < 4.78 is 9.98. The van der Waals surface area contributed by atoms with Crippen molar-refractivity contribution in [3.05, 3.63) is 28.8 Å². The van der Waals surface area contributed by atoms with Crippen molar-refractivity contribution < 1.29 is 14.3 Å². The van der Waals surface area contributed by atoms with Gasteiger partial charge in [0.2, 0.25) is 0 Å². The quantitative estimate of drug-likeness (QED) is 0.746. The smallest absolute Gasteiger partial charge is 0.310 e. The van der Waals surface area contributed by atoms with Gasteiger partial charge < -0.3 is 9.47 Å². The maximum atomic E-state index is 11.4. The number of benzene rings is 1. The van der Waals surface area contributed by atoms with Gasteiger partial charge in [-0.15, -0.1) is 0 Å². The zero-order valence-electron chi connectivity index (χ0n) is 10.2. The number of carbonyl (C=O) groups excluding carboxylic acids is 1. The van der Waals surface area contributed by atoms with Crippen LogP contribution in [0.5, 0.6) is 5.75 Å². The maximum absolute atomic E-state index is 11.4. The van der Waals surface area contributed by atoms with Crippen molar-refractivity contribution in [3.63, 3.8) is 0 Å². The Labute approximate surface area is 101 Å². The van der Waals surface area contributed by atoms with Gasteiger partial charge in [-0.1, -0.05) is 0 Å². The molecule has 0 spiro atoms. The molecular weight excluding hydrogens is 218 g/mol. The molecule has 0 fully saturated rings. The van der Waals surface area contributed by atoms with Gasteiger partial charge in [0, 0.05) is 0 Å². The first-order chi connectivity index (χ1) is 8.12. The summed E-state index contributed by atoms with van der Waals surface area (Å²) in [5.41, 5.74) is 2.17. The highest BCUT2D eigenvalue weighted by Crippen LogP contribution is 2.23. The molecule has 0 aromatic heterocycles. The molecule has 1 aromatic carbocycles. The van der Waals surface area contributed by atoms with Gasteiger partial charge in [-0.05, 0) is 37.1 Å². The van der Waals surface area contributed by atoms with Crippen LogP contribution in [-0.4, -0.2) is 19.7 Å². The van der Waals surface area contributed by atoms with Gasteiger partial charge in [-0.2, -0.15) is 5.26 Å². The van der Waals surface area contributed by atoms with E-state index in [2.05, 4.69) is 6.07 Å². The van der Waals surface area contributed by atoms with Crippen LogP contribution in [0.3, 0.4) is 0 Å². The summed E-state index contributed by atoms with van der Waals surface area (Å²) in [5.74, 6) is 0.208. The molecule has 0 radical (unpaired) electrons. The van der Waals surface area contributed by atoms with Crippen molar-refractivity contribution in [1.82, 2.24) is 0 Å².